The van der Waals surface area contributed by atoms with Crippen molar-refractivity contribution in [2.75, 3.05) is 30.4 Å². The minimum Gasteiger partial charge on any atom is -0.465 e. The van der Waals surface area contributed by atoms with Crippen molar-refractivity contribution in [1.29, 1.82) is 0 Å². The molecule has 1 saturated heterocycles. The van der Waals surface area contributed by atoms with Gasteiger partial charge < -0.3 is 15.0 Å². The molecule has 1 fully saturated rings. The van der Waals surface area contributed by atoms with Gasteiger partial charge in [0.2, 0.25) is 0 Å². The fourth-order valence-electron chi connectivity index (χ4n) is 3.08. The zero-order valence-corrected chi connectivity index (χ0v) is 14.9. The molecular weight excluding hydrogens is 330 g/mol. The first kappa shape index (κ1) is 17.9. The number of anilines is 2. The Balaban J connectivity index is 1.74. The lowest BCUT2D eigenvalue weighted by atomic mass is 10.2. The smallest absolute Gasteiger partial charge is 0.337 e. The molecule has 6 heteroatoms. The Kier molecular flexibility index (Phi) is 5.84. The lowest BCUT2D eigenvalue weighted by molar-refractivity contribution is 0.0600. The molecule has 0 unspecified atom stereocenters. The van der Waals surface area contributed by atoms with Crippen LogP contribution in [-0.2, 0) is 4.74 Å². The normalized spacial score (nSPS) is 14.4. The van der Waals surface area contributed by atoms with Crippen LogP contribution in [0.5, 0.6) is 0 Å². The predicted molar refractivity (Wildman–Crippen MR) is 101 cm³/mol. The molecule has 0 radical (unpaired) electrons. The van der Waals surface area contributed by atoms with Gasteiger partial charge in [-0.05, 0) is 43.2 Å². The van der Waals surface area contributed by atoms with Crippen molar-refractivity contribution in [3.05, 3.63) is 53.7 Å². The largest absolute Gasteiger partial charge is 0.465 e. The van der Waals surface area contributed by atoms with E-state index in [2.05, 4.69) is 15.2 Å². The predicted octanol–water partition coefficient (Wildman–Crippen LogP) is 3.50. The van der Waals surface area contributed by atoms with E-state index in [0.717, 1.165) is 31.7 Å². The first-order valence-electron chi connectivity index (χ1n) is 8.88. The third-order valence-corrected chi connectivity index (χ3v) is 4.48. The zero-order chi connectivity index (χ0) is 18.4. The van der Waals surface area contributed by atoms with E-state index in [1.807, 2.05) is 6.07 Å². The van der Waals surface area contributed by atoms with Crippen molar-refractivity contribution in [1.82, 2.24) is 4.98 Å². The summed E-state index contributed by atoms with van der Waals surface area (Å²) in [5.41, 5.74) is 1.49. The van der Waals surface area contributed by atoms with Crippen molar-refractivity contribution in [3.63, 3.8) is 0 Å². The molecule has 1 aliphatic heterocycles. The molecule has 1 aromatic heterocycles. The number of rotatable bonds is 4. The van der Waals surface area contributed by atoms with E-state index in [1.165, 1.54) is 20.0 Å². The Bertz CT molecular complexity index is 783. The molecule has 1 aliphatic rings. The number of hydrogen-bond donors (Lipinski definition) is 1. The Hall–Kier alpha value is -2.89. The zero-order valence-electron chi connectivity index (χ0n) is 14.9. The number of pyridine rings is 1. The van der Waals surface area contributed by atoms with Crippen molar-refractivity contribution < 1.29 is 14.3 Å². The van der Waals surface area contributed by atoms with Gasteiger partial charge in [0.05, 0.1) is 12.7 Å². The van der Waals surface area contributed by atoms with Gasteiger partial charge >= 0.3 is 5.97 Å². The molecule has 0 atom stereocenters. The fourth-order valence-corrected chi connectivity index (χ4v) is 3.08. The molecule has 0 bridgehead atoms. The molecule has 0 aliphatic carbocycles. The Morgan fingerprint density at radius 1 is 1.04 bits per heavy atom. The second-order valence-corrected chi connectivity index (χ2v) is 6.33. The summed E-state index contributed by atoms with van der Waals surface area (Å²) >= 11 is 0. The summed E-state index contributed by atoms with van der Waals surface area (Å²) in [6.45, 7) is 1.94. The molecule has 6 nitrogen and oxygen atoms in total. The molecule has 136 valence electrons. The van der Waals surface area contributed by atoms with Gasteiger partial charge in [-0.25, -0.2) is 9.78 Å². The quantitative estimate of drug-likeness (QED) is 0.852. The number of aromatic nitrogens is 1. The molecule has 2 heterocycles. The number of nitrogens with zero attached hydrogens (tertiary/aromatic N) is 2. The van der Waals surface area contributed by atoms with E-state index >= 15 is 0 Å². The Morgan fingerprint density at radius 3 is 2.54 bits per heavy atom. The van der Waals surface area contributed by atoms with Gasteiger partial charge in [-0.1, -0.05) is 18.9 Å². The summed E-state index contributed by atoms with van der Waals surface area (Å²) in [7, 11) is 1.33. The number of carbonyl (C=O) groups excluding carboxylic acids is 2. The molecule has 1 amide bonds. The summed E-state index contributed by atoms with van der Waals surface area (Å²) < 4.78 is 4.71. The first-order chi connectivity index (χ1) is 12.7. The van der Waals surface area contributed by atoms with Crippen molar-refractivity contribution in [3.8, 4) is 0 Å². The summed E-state index contributed by atoms with van der Waals surface area (Å²) in [6.07, 6.45) is 6.46. The van der Waals surface area contributed by atoms with Crippen LogP contribution in [0.3, 0.4) is 0 Å². The van der Waals surface area contributed by atoms with Gasteiger partial charge in [0.25, 0.3) is 5.91 Å². The van der Waals surface area contributed by atoms with E-state index in [4.69, 9.17) is 4.74 Å². The molecule has 1 N–H and O–H groups in total. The van der Waals surface area contributed by atoms with E-state index in [-0.39, 0.29) is 5.91 Å². The molecular formula is C20H23N3O3. The molecule has 2 aromatic rings. The lowest BCUT2D eigenvalue weighted by Crippen LogP contribution is -2.25. The fraction of sp³-hybridized carbons (Fsp3) is 0.350. The maximum atomic E-state index is 12.6. The van der Waals surface area contributed by atoms with Crippen LogP contribution in [0.15, 0.2) is 42.6 Å². The maximum absolute atomic E-state index is 12.6. The number of amides is 1. The molecule has 1 aromatic carbocycles. The van der Waals surface area contributed by atoms with Crippen LogP contribution < -0.4 is 10.2 Å². The number of benzene rings is 1. The number of hydrogen-bond acceptors (Lipinski definition) is 5. The molecule has 26 heavy (non-hydrogen) atoms. The average molecular weight is 353 g/mol. The summed E-state index contributed by atoms with van der Waals surface area (Å²) in [5.74, 6) is 0.168. The van der Waals surface area contributed by atoms with E-state index in [1.54, 1.807) is 36.5 Å². The SMILES string of the molecule is COC(=O)c1cccc(NC(=O)c2ccnc(N3CCCCCC3)c2)c1. The minimum absolute atomic E-state index is 0.231. The van der Waals surface area contributed by atoms with Crippen LogP contribution in [0.1, 0.15) is 46.4 Å². The highest BCUT2D eigenvalue weighted by Crippen LogP contribution is 2.19. The van der Waals surface area contributed by atoms with Crippen LogP contribution in [0, 0.1) is 0 Å². The third-order valence-electron chi connectivity index (χ3n) is 4.48. The van der Waals surface area contributed by atoms with Gasteiger partial charge in [0, 0.05) is 30.5 Å². The minimum atomic E-state index is -0.437. The van der Waals surface area contributed by atoms with Gasteiger partial charge in [-0.3, -0.25) is 4.79 Å². The monoisotopic (exact) mass is 353 g/mol. The van der Waals surface area contributed by atoms with Crippen LogP contribution in [-0.4, -0.2) is 37.1 Å². The number of esters is 1. The number of nitrogens with one attached hydrogen (secondary N) is 1. The topological polar surface area (TPSA) is 71.5 Å². The Labute approximate surface area is 153 Å². The highest BCUT2D eigenvalue weighted by molar-refractivity contribution is 6.05. The van der Waals surface area contributed by atoms with Gasteiger partial charge in [0.1, 0.15) is 5.82 Å². The van der Waals surface area contributed by atoms with E-state index in [9.17, 15) is 9.59 Å². The van der Waals surface area contributed by atoms with E-state index in [0.29, 0.717) is 16.8 Å². The molecule has 0 spiro atoms. The van der Waals surface area contributed by atoms with Crippen LogP contribution >= 0.6 is 0 Å². The average Bonchev–Trinajstić information content (AvgIpc) is 2.97. The number of methoxy groups -OCH3 is 1. The van der Waals surface area contributed by atoms with Gasteiger partial charge in [0.15, 0.2) is 0 Å². The maximum Gasteiger partial charge on any atom is 0.337 e. The summed E-state index contributed by atoms with van der Waals surface area (Å²) in [6, 6.07) is 10.2. The number of ether oxygens (including phenoxy) is 1. The lowest BCUT2D eigenvalue weighted by Gasteiger charge is -2.21. The van der Waals surface area contributed by atoms with Crippen LogP contribution in [0.25, 0.3) is 0 Å². The van der Waals surface area contributed by atoms with Crippen LogP contribution in [0.2, 0.25) is 0 Å². The van der Waals surface area contributed by atoms with Gasteiger partial charge in [-0.15, -0.1) is 0 Å². The van der Waals surface area contributed by atoms with Gasteiger partial charge in [-0.2, -0.15) is 0 Å². The van der Waals surface area contributed by atoms with Crippen molar-refractivity contribution in [2.45, 2.75) is 25.7 Å². The van der Waals surface area contributed by atoms with Crippen molar-refractivity contribution >= 4 is 23.4 Å². The number of carbonyl (C=O) groups is 2. The second kappa shape index (κ2) is 8.47. The van der Waals surface area contributed by atoms with Crippen molar-refractivity contribution in [2.24, 2.45) is 0 Å². The second-order valence-electron chi connectivity index (χ2n) is 6.33. The Morgan fingerprint density at radius 2 is 1.81 bits per heavy atom. The first-order valence-corrected chi connectivity index (χ1v) is 8.88. The summed E-state index contributed by atoms with van der Waals surface area (Å²) in [5, 5.41) is 2.83. The van der Waals surface area contributed by atoms with Crippen LogP contribution in [0.4, 0.5) is 11.5 Å². The molecule has 3 rings (SSSR count). The third kappa shape index (κ3) is 4.39. The standard InChI is InChI=1S/C20H23N3O3/c1-26-20(25)16-7-6-8-17(13-16)22-19(24)15-9-10-21-18(14-15)23-11-4-2-3-5-12-23/h6-10,13-14H,2-5,11-12H2,1H3,(H,22,24). The van der Waals surface area contributed by atoms with E-state index < -0.39 is 5.97 Å². The molecule has 0 saturated carbocycles. The summed E-state index contributed by atoms with van der Waals surface area (Å²) in [4.78, 5) is 30.9. The highest BCUT2D eigenvalue weighted by Gasteiger charge is 2.14. The highest BCUT2D eigenvalue weighted by atomic mass is 16.5.